The molecule has 0 atom stereocenters. The molecular weight excluding hydrogens is 424 g/mol. The van der Waals surface area contributed by atoms with E-state index in [0.29, 0.717) is 40.2 Å². The molecule has 1 aliphatic heterocycles. The lowest BCUT2D eigenvalue weighted by atomic mass is 10.1. The normalized spacial score (nSPS) is 14.4. The predicted octanol–water partition coefficient (Wildman–Crippen LogP) is 2.85. The number of anilines is 1. The molecule has 9 nitrogen and oxygen atoms in total. The highest BCUT2D eigenvalue weighted by molar-refractivity contribution is 5.89. The van der Waals surface area contributed by atoms with E-state index in [1.807, 2.05) is 0 Å². The van der Waals surface area contributed by atoms with Crippen molar-refractivity contribution >= 4 is 22.6 Å². The fourth-order valence-corrected chi connectivity index (χ4v) is 3.63. The lowest BCUT2D eigenvalue weighted by Crippen LogP contribution is -2.38. The van der Waals surface area contributed by atoms with Crippen LogP contribution in [0, 0.1) is 0 Å². The molecule has 0 aliphatic carbocycles. The Hall–Kier alpha value is -3.24. The number of nitrogens with zero attached hydrogens (tertiary/aromatic N) is 2. The fraction of sp³-hybridized carbons (Fsp3) is 0.333. The second kappa shape index (κ2) is 11.1. The Bertz CT molecular complexity index is 1070. The Kier molecular flexibility index (Phi) is 7.69. The summed E-state index contributed by atoms with van der Waals surface area (Å²) in [6, 6.07) is 13.5. The zero-order valence-electron chi connectivity index (χ0n) is 18.2. The first kappa shape index (κ1) is 22.9. The maximum atomic E-state index is 12.1. The number of pyridine rings is 1. The Morgan fingerprint density at radius 2 is 1.91 bits per heavy atom. The van der Waals surface area contributed by atoms with E-state index in [9.17, 15) is 15.0 Å². The molecule has 1 fully saturated rings. The summed E-state index contributed by atoms with van der Waals surface area (Å²) in [7, 11) is 0. The van der Waals surface area contributed by atoms with Crippen molar-refractivity contribution in [1.29, 1.82) is 0 Å². The molecule has 1 saturated heterocycles. The maximum Gasteiger partial charge on any atom is 0.319 e. The molecule has 2 aromatic carbocycles. The van der Waals surface area contributed by atoms with E-state index in [1.165, 1.54) is 0 Å². The molecular formula is C24H28N4O5. The van der Waals surface area contributed by atoms with Gasteiger partial charge >= 0.3 is 6.03 Å². The number of rotatable bonds is 8. The van der Waals surface area contributed by atoms with Crippen LogP contribution in [0.2, 0.25) is 0 Å². The minimum Gasteiger partial charge on any atom is -0.457 e. The van der Waals surface area contributed by atoms with Crippen LogP contribution in [0.3, 0.4) is 0 Å². The second-order valence-corrected chi connectivity index (χ2v) is 7.77. The van der Waals surface area contributed by atoms with Gasteiger partial charge in [-0.2, -0.15) is 0 Å². The van der Waals surface area contributed by atoms with E-state index in [1.54, 1.807) is 54.7 Å². The standard InChI is InChI=1S/C24H28N4O5/c29-23(30)17-2-7-21-20(16-17)22(8-10-25-21)33-19-5-3-18(4-6-19)27-24(31)26-9-1-11-28-12-14-32-15-13-28/h2-8,10,16,23,29-30H,1,9,11-15H2,(H2,26,27,31). The van der Waals surface area contributed by atoms with Gasteiger partial charge < -0.3 is 30.3 Å². The average Bonchev–Trinajstić information content (AvgIpc) is 2.83. The Balaban J connectivity index is 1.29. The van der Waals surface area contributed by atoms with E-state index in [-0.39, 0.29) is 6.03 Å². The van der Waals surface area contributed by atoms with E-state index < -0.39 is 6.29 Å². The molecule has 4 N–H and O–H groups in total. The van der Waals surface area contributed by atoms with E-state index in [0.717, 1.165) is 39.3 Å². The van der Waals surface area contributed by atoms with Gasteiger partial charge in [0.25, 0.3) is 0 Å². The number of aliphatic hydroxyl groups excluding tert-OH is 1. The average molecular weight is 453 g/mol. The Morgan fingerprint density at radius 3 is 2.67 bits per heavy atom. The quantitative estimate of drug-likeness (QED) is 0.307. The summed E-state index contributed by atoms with van der Waals surface area (Å²) in [5, 5.41) is 25.2. The van der Waals surface area contributed by atoms with E-state index >= 15 is 0 Å². The van der Waals surface area contributed by atoms with Crippen molar-refractivity contribution < 1.29 is 24.5 Å². The van der Waals surface area contributed by atoms with Gasteiger partial charge in [-0.25, -0.2) is 4.79 Å². The number of hydrogen-bond donors (Lipinski definition) is 4. The maximum absolute atomic E-state index is 12.1. The van der Waals surface area contributed by atoms with Gasteiger partial charge in [-0.1, -0.05) is 6.07 Å². The molecule has 0 spiro atoms. The van der Waals surface area contributed by atoms with Crippen molar-refractivity contribution in [2.24, 2.45) is 0 Å². The molecule has 3 aromatic rings. The lowest BCUT2D eigenvalue weighted by Gasteiger charge is -2.26. The number of carbonyl (C=O) groups excluding carboxylic acids is 1. The van der Waals surface area contributed by atoms with Crippen LogP contribution in [-0.4, -0.2) is 65.5 Å². The molecule has 1 aliphatic rings. The first-order chi connectivity index (χ1) is 16.1. The van der Waals surface area contributed by atoms with Crippen LogP contribution in [0.25, 0.3) is 10.9 Å². The number of nitrogens with one attached hydrogen (secondary N) is 2. The number of aliphatic hydroxyl groups is 2. The summed E-state index contributed by atoms with van der Waals surface area (Å²) in [5.74, 6) is 1.12. The van der Waals surface area contributed by atoms with Gasteiger partial charge in [0.1, 0.15) is 11.5 Å². The molecule has 9 heteroatoms. The first-order valence-corrected chi connectivity index (χ1v) is 11.0. The molecule has 2 amide bonds. The van der Waals surface area contributed by atoms with Crippen LogP contribution in [0.5, 0.6) is 11.5 Å². The number of benzene rings is 2. The van der Waals surface area contributed by atoms with Crippen molar-refractivity contribution in [2.75, 3.05) is 44.7 Å². The molecule has 33 heavy (non-hydrogen) atoms. The third-order valence-electron chi connectivity index (χ3n) is 5.40. The lowest BCUT2D eigenvalue weighted by molar-refractivity contribution is -0.0423. The van der Waals surface area contributed by atoms with Gasteiger partial charge in [0.05, 0.1) is 18.7 Å². The number of amides is 2. The van der Waals surface area contributed by atoms with Crippen LogP contribution in [0.4, 0.5) is 10.5 Å². The summed E-state index contributed by atoms with van der Waals surface area (Å²) >= 11 is 0. The smallest absolute Gasteiger partial charge is 0.319 e. The fourth-order valence-electron chi connectivity index (χ4n) is 3.63. The van der Waals surface area contributed by atoms with Crippen LogP contribution in [0.1, 0.15) is 18.3 Å². The Labute approximate surface area is 192 Å². The number of hydrogen-bond acceptors (Lipinski definition) is 7. The third-order valence-corrected chi connectivity index (χ3v) is 5.40. The summed E-state index contributed by atoms with van der Waals surface area (Å²) in [4.78, 5) is 18.8. The minimum absolute atomic E-state index is 0.249. The number of aromatic nitrogens is 1. The second-order valence-electron chi connectivity index (χ2n) is 7.77. The highest BCUT2D eigenvalue weighted by Crippen LogP contribution is 2.31. The summed E-state index contributed by atoms with van der Waals surface area (Å²) in [5.41, 5.74) is 1.69. The molecule has 1 aromatic heterocycles. The summed E-state index contributed by atoms with van der Waals surface area (Å²) < 4.78 is 11.3. The summed E-state index contributed by atoms with van der Waals surface area (Å²) in [6.07, 6.45) is 0.944. The zero-order valence-corrected chi connectivity index (χ0v) is 18.2. The van der Waals surface area contributed by atoms with E-state index in [2.05, 4.69) is 20.5 Å². The minimum atomic E-state index is -1.57. The number of ether oxygens (including phenoxy) is 2. The zero-order chi connectivity index (χ0) is 23.0. The highest BCUT2D eigenvalue weighted by atomic mass is 16.5. The monoisotopic (exact) mass is 452 g/mol. The highest BCUT2D eigenvalue weighted by Gasteiger charge is 2.11. The van der Waals surface area contributed by atoms with Gasteiger partial charge in [-0.05, 0) is 55.4 Å². The molecule has 2 heterocycles. The van der Waals surface area contributed by atoms with Gasteiger partial charge in [0, 0.05) is 42.5 Å². The molecule has 0 unspecified atom stereocenters. The van der Waals surface area contributed by atoms with Gasteiger partial charge in [0.2, 0.25) is 0 Å². The number of fused-ring (bicyclic) bond motifs is 1. The van der Waals surface area contributed by atoms with Crippen molar-refractivity contribution in [2.45, 2.75) is 12.7 Å². The largest absolute Gasteiger partial charge is 0.457 e. The van der Waals surface area contributed by atoms with Crippen LogP contribution >= 0.6 is 0 Å². The number of carbonyl (C=O) groups is 1. The third kappa shape index (κ3) is 6.39. The van der Waals surface area contributed by atoms with Gasteiger partial charge in [-0.3, -0.25) is 9.88 Å². The van der Waals surface area contributed by atoms with E-state index in [4.69, 9.17) is 9.47 Å². The SMILES string of the molecule is O=C(NCCCN1CCOCC1)Nc1ccc(Oc2ccnc3ccc(C(O)O)cc23)cc1. The van der Waals surface area contributed by atoms with Gasteiger partial charge in [-0.15, -0.1) is 0 Å². The first-order valence-electron chi connectivity index (χ1n) is 11.0. The number of morpholine rings is 1. The molecule has 0 bridgehead atoms. The van der Waals surface area contributed by atoms with Crippen molar-refractivity contribution in [3.05, 3.63) is 60.3 Å². The van der Waals surface area contributed by atoms with Crippen molar-refractivity contribution in [3.8, 4) is 11.5 Å². The van der Waals surface area contributed by atoms with Crippen LogP contribution in [-0.2, 0) is 4.74 Å². The van der Waals surface area contributed by atoms with Crippen LogP contribution in [0.15, 0.2) is 54.7 Å². The molecule has 0 radical (unpaired) electrons. The van der Waals surface area contributed by atoms with Gasteiger partial charge in [0.15, 0.2) is 6.29 Å². The van der Waals surface area contributed by atoms with Crippen molar-refractivity contribution in [3.63, 3.8) is 0 Å². The number of urea groups is 1. The topological polar surface area (TPSA) is 116 Å². The van der Waals surface area contributed by atoms with Crippen LogP contribution < -0.4 is 15.4 Å². The molecule has 174 valence electrons. The summed E-state index contributed by atoms with van der Waals surface area (Å²) in [6.45, 7) is 4.98. The molecule has 0 saturated carbocycles. The molecule has 4 rings (SSSR count). The van der Waals surface area contributed by atoms with Crippen molar-refractivity contribution in [1.82, 2.24) is 15.2 Å². The predicted molar refractivity (Wildman–Crippen MR) is 124 cm³/mol. The Morgan fingerprint density at radius 1 is 1.12 bits per heavy atom.